The molecule has 2 heterocycles. The molecule has 0 atom stereocenters. The second kappa shape index (κ2) is 2.84. The zero-order valence-electron chi connectivity index (χ0n) is 6.12. The third kappa shape index (κ3) is 1.30. The molecule has 4 heteroatoms. The minimum atomic E-state index is 0.926. The van der Waals surface area contributed by atoms with Crippen LogP contribution in [-0.2, 0) is 0 Å². The molecule has 1 aliphatic rings. The van der Waals surface area contributed by atoms with E-state index in [4.69, 9.17) is 0 Å². The molecular formula is C7H9N4. The van der Waals surface area contributed by atoms with E-state index in [9.17, 15) is 0 Å². The Hall–Kier alpha value is -1.16. The van der Waals surface area contributed by atoms with Gasteiger partial charge in [-0.3, -0.25) is 0 Å². The summed E-state index contributed by atoms with van der Waals surface area (Å²) in [5.74, 6) is 0. The van der Waals surface area contributed by atoms with E-state index in [0.717, 1.165) is 19.5 Å². The van der Waals surface area contributed by atoms with Crippen molar-refractivity contribution < 1.29 is 0 Å². The Labute approximate surface area is 64.9 Å². The highest BCUT2D eigenvalue weighted by atomic mass is 15.4. The Balaban J connectivity index is 2.22. The summed E-state index contributed by atoms with van der Waals surface area (Å²) in [5.41, 5.74) is 1.21. The largest absolute Gasteiger partial charge is 0.313 e. The van der Waals surface area contributed by atoms with Gasteiger partial charge in [-0.15, -0.1) is 5.10 Å². The molecule has 0 saturated carbocycles. The molecule has 0 fully saturated rings. The van der Waals surface area contributed by atoms with Crippen LogP contribution in [0.5, 0.6) is 0 Å². The highest BCUT2D eigenvalue weighted by Crippen LogP contribution is 2.07. The molecule has 1 aromatic rings. The Morgan fingerprint density at radius 2 is 2.64 bits per heavy atom. The van der Waals surface area contributed by atoms with E-state index in [1.54, 1.807) is 10.9 Å². The van der Waals surface area contributed by atoms with Gasteiger partial charge in [0.1, 0.15) is 6.20 Å². The molecule has 0 aliphatic carbocycles. The smallest absolute Gasteiger partial charge is 0.135 e. The van der Waals surface area contributed by atoms with Gasteiger partial charge in [-0.1, -0.05) is 5.21 Å². The SMILES string of the molecule is [c]1cn(C2=CCNCC2)nn1. The van der Waals surface area contributed by atoms with E-state index in [1.165, 1.54) is 5.70 Å². The van der Waals surface area contributed by atoms with Gasteiger partial charge >= 0.3 is 0 Å². The summed E-state index contributed by atoms with van der Waals surface area (Å²) >= 11 is 0. The maximum atomic E-state index is 3.85. The maximum Gasteiger partial charge on any atom is 0.135 e. The summed E-state index contributed by atoms with van der Waals surface area (Å²) in [5, 5.41) is 10.7. The van der Waals surface area contributed by atoms with Gasteiger partial charge in [0.2, 0.25) is 0 Å². The molecule has 1 aromatic heterocycles. The number of nitrogens with one attached hydrogen (secondary N) is 1. The van der Waals surface area contributed by atoms with E-state index < -0.39 is 0 Å². The number of hydrogen-bond acceptors (Lipinski definition) is 3. The first-order chi connectivity index (χ1) is 5.47. The zero-order chi connectivity index (χ0) is 7.52. The first-order valence-electron chi connectivity index (χ1n) is 3.65. The Kier molecular flexibility index (Phi) is 1.69. The molecule has 0 saturated heterocycles. The van der Waals surface area contributed by atoms with Crippen molar-refractivity contribution in [2.45, 2.75) is 6.42 Å². The van der Waals surface area contributed by atoms with Crippen molar-refractivity contribution in [2.24, 2.45) is 0 Å². The standard InChI is InChI=1S/C7H9N4/c1-3-8-4-2-7(1)11-6-5-9-10-11/h1,6,8H,2-4H2. The van der Waals surface area contributed by atoms with Gasteiger partial charge < -0.3 is 5.32 Å². The van der Waals surface area contributed by atoms with E-state index in [2.05, 4.69) is 27.9 Å². The summed E-state index contributed by atoms with van der Waals surface area (Å²) in [7, 11) is 0. The normalized spacial score (nSPS) is 18.0. The van der Waals surface area contributed by atoms with Crippen molar-refractivity contribution >= 4 is 5.70 Å². The average molecular weight is 149 g/mol. The average Bonchev–Trinajstić information content (AvgIpc) is 2.58. The summed E-state index contributed by atoms with van der Waals surface area (Å²) in [6.07, 6.45) is 7.54. The first-order valence-corrected chi connectivity index (χ1v) is 3.65. The van der Waals surface area contributed by atoms with Crippen molar-refractivity contribution in [3.8, 4) is 0 Å². The van der Waals surface area contributed by atoms with Gasteiger partial charge in [0.25, 0.3) is 0 Å². The lowest BCUT2D eigenvalue weighted by Crippen LogP contribution is -2.22. The van der Waals surface area contributed by atoms with Crippen molar-refractivity contribution in [2.75, 3.05) is 13.1 Å². The molecule has 1 N–H and O–H groups in total. The number of rotatable bonds is 1. The van der Waals surface area contributed by atoms with Gasteiger partial charge in [0, 0.05) is 25.2 Å². The van der Waals surface area contributed by atoms with Crippen LogP contribution in [0.25, 0.3) is 5.70 Å². The van der Waals surface area contributed by atoms with Crippen LogP contribution in [0.15, 0.2) is 12.3 Å². The summed E-state index contributed by atoms with van der Waals surface area (Å²) in [4.78, 5) is 0. The first kappa shape index (κ1) is 6.54. The molecule has 4 nitrogen and oxygen atoms in total. The van der Waals surface area contributed by atoms with Gasteiger partial charge in [0.05, 0.1) is 6.20 Å². The van der Waals surface area contributed by atoms with Gasteiger partial charge in [-0.05, 0) is 6.08 Å². The summed E-state index contributed by atoms with van der Waals surface area (Å²) < 4.78 is 1.76. The molecule has 1 radical (unpaired) electrons. The van der Waals surface area contributed by atoms with E-state index in [0.29, 0.717) is 0 Å². The predicted octanol–water partition coefficient (Wildman–Crippen LogP) is -0.0875. The van der Waals surface area contributed by atoms with Crippen LogP contribution in [0.1, 0.15) is 6.42 Å². The lowest BCUT2D eigenvalue weighted by Gasteiger charge is -2.12. The van der Waals surface area contributed by atoms with E-state index in [1.807, 2.05) is 0 Å². The van der Waals surface area contributed by atoms with Crippen LogP contribution < -0.4 is 5.32 Å². The van der Waals surface area contributed by atoms with E-state index in [-0.39, 0.29) is 0 Å². The molecule has 0 bridgehead atoms. The molecule has 0 spiro atoms. The van der Waals surface area contributed by atoms with Crippen LogP contribution >= 0.6 is 0 Å². The Bertz CT molecular complexity index is 249. The van der Waals surface area contributed by atoms with Crippen LogP contribution in [0, 0.1) is 6.20 Å². The van der Waals surface area contributed by atoms with Crippen LogP contribution in [0.2, 0.25) is 0 Å². The molecule has 0 aromatic carbocycles. The molecule has 0 amide bonds. The lowest BCUT2D eigenvalue weighted by atomic mass is 10.2. The van der Waals surface area contributed by atoms with Crippen LogP contribution in [0.3, 0.4) is 0 Å². The molecular weight excluding hydrogens is 140 g/mol. The van der Waals surface area contributed by atoms with Gasteiger partial charge in [-0.2, -0.15) is 0 Å². The predicted molar refractivity (Wildman–Crippen MR) is 40.6 cm³/mol. The molecule has 11 heavy (non-hydrogen) atoms. The lowest BCUT2D eigenvalue weighted by molar-refractivity contribution is 0.689. The Morgan fingerprint density at radius 3 is 3.27 bits per heavy atom. The minimum Gasteiger partial charge on any atom is -0.313 e. The van der Waals surface area contributed by atoms with Crippen molar-refractivity contribution in [1.29, 1.82) is 0 Å². The van der Waals surface area contributed by atoms with Crippen molar-refractivity contribution in [3.63, 3.8) is 0 Å². The van der Waals surface area contributed by atoms with Gasteiger partial charge in [-0.25, -0.2) is 4.68 Å². The summed E-state index contributed by atoms with van der Waals surface area (Å²) in [6, 6.07) is 0. The number of hydrogen-bond donors (Lipinski definition) is 1. The Morgan fingerprint density at radius 1 is 1.64 bits per heavy atom. The third-order valence-electron chi connectivity index (χ3n) is 1.71. The number of aromatic nitrogens is 3. The fraction of sp³-hybridized carbons (Fsp3) is 0.429. The van der Waals surface area contributed by atoms with Crippen LogP contribution in [0.4, 0.5) is 0 Å². The minimum absolute atomic E-state index is 0.926. The monoisotopic (exact) mass is 149 g/mol. The number of nitrogens with zero attached hydrogens (tertiary/aromatic N) is 3. The van der Waals surface area contributed by atoms with Crippen LogP contribution in [-0.4, -0.2) is 28.1 Å². The van der Waals surface area contributed by atoms with E-state index >= 15 is 0 Å². The second-order valence-electron chi connectivity index (χ2n) is 2.44. The highest BCUT2D eigenvalue weighted by molar-refractivity contribution is 5.44. The second-order valence-corrected chi connectivity index (χ2v) is 2.44. The molecule has 0 unspecified atom stereocenters. The zero-order valence-corrected chi connectivity index (χ0v) is 6.12. The fourth-order valence-corrected chi connectivity index (χ4v) is 1.14. The third-order valence-corrected chi connectivity index (χ3v) is 1.71. The molecule has 2 rings (SSSR count). The quantitative estimate of drug-likeness (QED) is 0.607. The summed E-state index contributed by atoms with van der Waals surface area (Å²) in [6.45, 7) is 1.95. The highest BCUT2D eigenvalue weighted by Gasteiger charge is 2.04. The molecule has 57 valence electrons. The molecule has 1 aliphatic heterocycles. The van der Waals surface area contributed by atoms with Gasteiger partial charge in [0.15, 0.2) is 0 Å². The van der Waals surface area contributed by atoms with Crippen molar-refractivity contribution in [3.05, 3.63) is 18.5 Å². The topological polar surface area (TPSA) is 42.7 Å². The van der Waals surface area contributed by atoms with Crippen molar-refractivity contribution in [1.82, 2.24) is 20.3 Å². The fourth-order valence-electron chi connectivity index (χ4n) is 1.14. The maximum absolute atomic E-state index is 3.85.